The van der Waals surface area contributed by atoms with Crippen LogP contribution in [0.25, 0.3) is 0 Å². The van der Waals surface area contributed by atoms with Gasteiger partial charge in [0.25, 0.3) is 5.91 Å². The highest BCUT2D eigenvalue weighted by Gasteiger charge is 2.14. The topological polar surface area (TPSA) is 89.4 Å². The number of hydrogen-bond donors (Lipinski definition) is 2. The molecule has 0 unspecified atom stereocenters. The summed E-state index contributed by atoms with van der Waals surface area (Å²) in [7, 11) is 1.57. The van der Waals surface area contributed by atoms with Gasteiger partial charge in [0.05, 0.1) is 25.0 Å². The summed E-state index contributed by atoms with van der Waals surface area (Å²) in [5.41, 5.74) is 1.15. The Morgan fingerprint density at radius 1 is 1.27 bits per heavy atom. The van der Waals surface area contributed by atoms with Gasteiger partial charge in [0.2, 0.25) is 0 Å². The van der Waals surface area contributed by atoms with Crippen molar-refractivity contribution in [2.75, 3.05) is 25.6 Å². The number of rotatable bonds is 8. The Hall–Kier alpha value is -2.93. The number of anilines is 1. The van der Waals surface area contributed by atoms with Gasteiger partial charge < -0.3 is 24.7 Å². The highest BCUT2D eigenvalue weighted by atomic mass is 35.5. The molecule has 2 rings (SSSR count). The molecular formula is C18H19ClN2O5. The van der Waals surface area contributed by atoms with E-state index < -0.39 is 0 Å². The Bertz CT molecular complexity index is 778. The monoisotopic (exact) mass is 378 g/mol. The van der Waals surface area contributed by atoms with Crippen LogP contribution in [0.2, 0.25) is 5.02 Å². The van der Waals surface area contributed by atoms with Gasteiger partial charge in [-0.1, -0.05) is 16.8 Å². The van der Waals surface area contributed by atoms with Gasteiger partial charge in [0, 0.05) is 11.3 Å². The number of hydrogen-bond acceptors (Lipinski definition) is 6. The van der Waals surface area contributed by atoms with Gasteiger partial charge in [-0.05, 0) is 43.3 Å². The Balaban J connectivity index is 2.06. The molecule has 0 aliphatic heterocycles. The van der Waals surface area contributed by atoms with Crippen molar-refractivity contribution in [3.8, 4) is 17.2 Å². The highest BCUT2D eigenvalue weighted by molar-refractivity contribution is 6.32. The summed E-state index contributed by atoms with van der Waals surface area (Å²) < 4.78 is 16.1. The van der Waals surface area contributed by atoms with Gasteiger partial charge in [-0.2, -0.15) is 0 Å². The molecule has 0 saturated heterocycles. The smallest absolute Gasteiger partial charge is 0.262 e. The maximum atomic E-state index is 12.1. The van der Waals surface area contributed by atoms with Gasteiger partial charge in [-0.25, -0.2) is 0 Å². The molecule has 138 valence electrons. The number of carbonyl (C=O) groups excluding carboxylic acids is 1. The minimum Gasteiger partial charge on any atom is -0.497 e. The molecule has 2 N–H and O–H groups in total. The van der Waals surface area contributed by atoms with Crippen LogP contribution in [0.1, 0.15) is 12.5 Å². The van der Waals surface area contributed by atoms with Crippen LogP contribution in [0, 0.1) is 0 Å². The number of amides is 1. The minimum absolute atomic E-state index is 0.239. The van der Waals surface area contributed by atoms with E-state index in [1.54, 1.807) is 50.4 Å². The van der Waals surface area contributed by atoms with Crippen molar-refractivity contribution in [2.45, 2.75) is 6.92 Å². The molecule has 0 aromatic heterocycles. The van der Waals surface area contributed by atoms with E-state index in [2.05, 4.69) is 10.5 Å². The van der Waals surface area contributed by atoms with E-state index in [4.69, 9.17) is 31.0 Å². The summed E-state index contributed by atoms with van der Waals surface area (Å²) in [6.45, 7) is 1.94. The molecule has 0 fully saturated rings. The van der Waals surface area contributed by atoms with Crippen molar-refractivity contribution in [1.29, 1.82) is 0 Å². The lowest BCUT2D eigenvalue weighted by Gasteiger charge is -2.14. The summed E-state index contributed by atoms with van der Waals surface area (Å²) >= 11 is 6.19. The third-order valence-electron chi connectivity index (χ3n) is 3.26. The predicted molar refractivity (Wildman–Crippen MR) is 99.1 cm³/mol. The quantitative estimate of drug-likeness (QED) is 0.416. The van der Waals surface area contributed by atoms with Crippen LogP contribution >= 0.6 is 11.6 Å². The Morgan fingerprint density at radius 2 is 2.00 bits per heavy atom. The number of carbonyl (C=O) groups is 1. The maximum absolute atomic E-state index is 12.1. The summed E-state index contributed by atoms with van der Waals surface area (Å²) in [4.78, 5) is 12.1. The van der Waals surface area contributed by atoms with E-state index in [0.717, 1.165) is 0 Å². The van der Waals surface area contributed by atoms with Crippen LogP contribution in [0.15, 0.2) is 41.6 Å². The van der Waals surface area contributed by atoms with Crippen molar-refractivity contribution >= 4 is 29.4 Å². The summed E-state index contributed by atoms with van der Waals surface area (Å²) in [6.07, 6.45) is 1.22. The molecule has 0 aliphatic carbocycles. The first-order chi connectivity index (χ1) is 12.6. The first-order valence-corrected chi connectivity index (χ1v) is 8.15. The second kappa shape index (κ2) is 9.53. The highest BCUT2D eigenvalue weighted by Crippen LogP contribution is 2.36. The molecule has 0 heterocycles. The first-order valence-electron chi connectivity index (χ1n) is 7.77. The van der Waals surface area contributed by atoms with Gasteiger partial charge in [-0.15, -0.1) is 0 Å². The molecule has 0 saturated carbocycles. The second-order valence-corrected chi connectivity index (χ2v) is 5.48. The lowest BCUT2D eigenvalue weighted by atomic mass is 10.2. The zero-order valence-electron chi connectivity index (χ0n) is 14.4. The third kappa shape index (κ3) is 5.29. The molecule has 8 heteroatoms. The fourth-order valence-corrected chi connectivity index (χ4v) is 2.41. The molecule has 2 aromatic carbocycles. The van der Waals surface area contributed by atoms with Gasteiger partial charge in [-0.3, -0.25) is 4.79 Å². The van der Waals surface area contributed by atoms with Gasteiger partial charge >= 0.3 is 0 Å². The van der Waals surface area contributed by atoms with Crippen molar-refractivity contribution < 1.29 is 24.2 Å². The zero-order valence-corrected chi connectivity index (χ0v) is 15.1. The van der Waals surface area contributed by atoms with Crippen LogP contribution in [-0.2, 0) is 4.79 Å². The fraction of sp³-hybridized carbons (Fsp3) is 0.222. The number of ether oxygens (including phenoxy) is 3. The van der Waals surface area contributed by atoms with Crippen molar-refractivity contribution in [3.63, 3.8) is 0 Å². The standard InChI is InChI=1S/C18H19ClN2O5/c1-3-25-16-9-12(10-20-23)8-15(19)18(16)26-11-17(22)21-13-4-6-14(24-2)7-5-13/h4-10,23H,3,11H2,1-2H3,(H,21,22)/b20-10+. The zero-order chi connectivity index (χ0) is 18.9. The van der Waals surface area contributed by atoms with Gasteiger partial charge in [0.1, 0.15) is 5.75 Å². The molecule has 7 nitrogen and oxygen atoms in total. The normalized spacial score (nSPS) is 10.6. The van der Waals surface area contributed by atoms with Crippen LogP contribution < -0.4 is 19.5 Å². The van der Waals surface area contributed by atoms with Crippen molar-refractivity contribution in [2.24, 2.45) is 5.16 Å². The second-order valence-electron chi connectivity index (χ2n) is 5.07. The number of halogens is 1. The maximum Gasteiger partial charge on any atom is 0.262 e. The third-order valence-corrected chi connectivity index (χ3v) is 3.54. The molecule has 26 heavy (non-hydrogen) atoms. The van der Waals surface area contributed by atoms with Crippen LogP contribution in [0.5, 0.6) is 17.2 Å². The number of benzene rings is 2. The number of methoxy groups -OCH3 is 1. The lowest BCUT2D eigenvalue weighted by Crippen LogP contribution is -2.20. The molecule has 0 spiro atoms. The average molecular weight is 379 g/mol. The molecule has 0 atom stereocenters. The van der Waals surface area contributed by atoms with Crippen molar-refractivity contribution in [3.05, 3.63) is 47.0 Å². The molecular weight excluding hydrogens is 360 g/mol. The van der Waals surface area contributed by atoms with Crippen LogP contribution in [-0.4, -0.2) is 37.7 Å². The average Bonchev–Trinajstić information content (AvgIpc) is 2.62. The molecule has 2 aromatic rings. The Labute approximate surface area is 156 Å². The largest absolute Gasteiger partial charge is 0.497 e. The fourth-order valence-electron chi connectivity index (χ4n) is 2.14. The van der Waals surface area contributed by atoms with E-state index in [1.807, 2.05) is 0 Å². The van der Waals surface area contributed by atoms with E-state index in [-0.39, 0.29) is 23.3 Å². The minimum atomic E-state index is -0.352. The summed E-state index contributed by atoms with van der Waals surface area (Å²) in [6, 6.07) is 10.1. The Kier molecular flexibility index (Phi) is 7.11. The molecule has 0 aliphatic rings. The predicted octanol–water partition coefficient (Wildman–Crippen LogP) is 3.57. The van der Waals surface area contributed by atoms with Crippen LogP contribution in [0.3, 0.4) is 0 Å². The van der Waals surface area contributed by atoms with Crippen molar-refractivity contribution in [1.82, 2.24) is 0 Å². The number of nitrogens with one attached hydrogen (secondary N) is 1. The first kappa shape index (κ1) is 19.4. The van der Waals surface area contributed by atoms with E-state index in [0.29, 0.717) is 29.4 Å². The molecule has 0 radical (unpaired) electrons. The SMILES string of the molecule is CCOc1cc(/C=N/O)cc(Cl)c1OCC(=O)Nc1ccc(OC)cc1. The lowest BCUT2D eigenvalue weighted by molar-refractivity contribution is -0.118. The molecule has 1 amide bonds. The number of oxime groups is 1. The summed E-state index contributed by atoms with van der Waals surface area (Å²) in [5, 5.41) is 14.5. The Morgan fingerprint density at radius 3 is 2.62 bits per heavy atom. The van der Waals surface area contributed by atoms with Crippen LogP contribution in [0.4, 0.5) is 5.69 Å². The summed E-state index contributed by atoms with van der Waals surface area (Å²) in [5.74, 6) is 0.939. The van der Waals surface area contributed by atoms with E-state index >= 15 is 0 Å². The van der Waals surface area contributed by atoms with E-state index in [1.165, 1.54) is 6.21 Å². The molecule has 0 bridgehead atoms. The number of nitrogens with zero attached hydrogens (tertiary/aromatic N) is 1. The van der Waals surface area contributed by atoms with E-state index in [9.17, 15) is 4.79 Å². The van der Waals surface area contributed by atoms with Gasteiger partial charge in [0.15, 0.2) is 18.1 Å².